The minimum absolute atomic E-state index is 0.114. The van der Waals surface area contributed by atoms with Crippen molar-refractivity contribution in [2.75, 3.05) is 0 Å². The third-order valence-corrected chi connectivity index (χ3v) is 3.88. The first kappa shape index (κ1) is 14.4. The van der Waals surface area contributed by atoms with E-state index < -0.39 is 0 Å². The van der Waals surface area contributed by atoms with Crippen LogP contribution in [0.2, 0.25) is 10.0 Å². The van der Waals surface area contributed by atoms with Gasteiger partial charge in [-0.2, -0.15) is 0 Å². The number of nitrogens with one attached hydrogen (secondary N) is 1. The molecule has 0 aliphatic rings. The standard InChI is InChI=1S/C16H14Cl2N2O/c17-12-3-1-10(2-4-12)7-14(20-19)16-9-11-8-13(18)5-6-15(11)21-16/h1-6,8-9,14,20H,7,19H2. The largest absolute Gasteiger partial charge is 0.459 e. The summed E-state index contributed by atoms with van der Waals surface area (Å²) in [5, 5.41) is 2.37. The first-order chi connectivity index (χ1) is 10.2. The van der Waals surface area contributed by atoms with Crippen LogP contribution in [0.5, 0.6) is 0 Å². The molecule has 3 rings (SSSR count). The van der Waals surface area contributed by atoms with Gasteiger partial charge in [-0.05, 0) is 48.4 Å². The highest BCUT2D eigenvalue weighted by atomic mass is 35.5. The van der Waals surface area contributed by atoms with Crippen LogP contribution >= 0.6 is 23.2 Å². The Hall–Kier alpha value is -1.52. The fourth-order valence-corrected chi connectivity index (χ4v) is 2.61. The number of hydrogen-bond donors (Lipinski definition) is 2. The Morgan fingerprint density at radius 3 is 2.43 bits per heavy atom. The molecule has 2 aromatic carbocycles. The number of benzene rings is 2. The van der Waals surface area contributed by atoms with Gasteiger partial charge in [0.2, 0.25) is 0 Å². The lowest BCUT2D eigenvalue weighted by molar-refractivity contribution is 0.434. The van der Waals surface area contributed by atoms with Crippen LogP contribution in [0.15, 0.2) is 52.9 Å². The minimum atomic E-state index is -0.114. The summed E-state index contributed by atoms with van der Waals surface area (Å²) < 4.78 is 5.84. The molecular formula is C16H14Cl2N2O. The predicted octanol–water partition coefficient (Wildman–Crippen LogP) is 4.49. The predicted molar refractivity (Wildman–Crippen MR) is 86.4 cm³/mol. The fraction of sp³-hybridized carbons (Fsp3) is 0.125. The number of hydrazine groups is 1. The third-order valence-electron chi connectivity index (χ3n) is 3.40. The van der Waals surface area contributed by atoms with E-state index in [1.54, 1.807) is 6.07 Å². The van der Waals surface area contributed by atoms with E-state index in [1.807, 2.05) is 42.5 Å². The maximum Gasteiger partial charge on any atom is 0.134 e. The molecule has 0 aliphatic heterocycles. The monoisotopic (exact) mass is 320 g/mol. The second kappa shape index (κ2) is 6.08. The summed E-state index contributed by atoms with van der Waals surface area (Å²) >= 11 is 11.9. The van der Waals surface area contributed by atoms with Crippen LogP contribution in [-0.2, 0) is 6.42 Å². The summed E-state index contributed by atoms with van der Waals surface area (Å²) in [5.41, 5.74) is 4.72. The molecular weight excluding hydrogens is 307 g/mol. The number of halogens is 2. The van der Waals surface area contributed by atoms with Gasteiger partial charge in [0.1, 0.15) is 11.3 Å². The first-order valence-electron chi connectivity index (χ1n) is 6.55. The van der Waals surface area contributed by atoms with Crippen molar-refractivity contribution < 1.29 is 4.42 Å². The Morgan fingerprint density at radius 1 is 1.00 bits per heavy atom. The summed E-state index contributed by atoms with van der Waals surface area (Å²) in [7, 11) is 0. The van der Waals surface area contributed by atoms with Crippen LogP contribution < -0.4 is 11.3 Å². The molecule has 3 aromatic rings. The van der Waals surface area contributed by atoms with Crippen LogP contribution in [0.1, 0.15) is 17.4 Å². The zero-order valence-corrected chi connectivity index (χ0v) is 12.7. The third kappa shape index (κ3) is 3.22. The maximum atomic E-state index is 5.99. The van der Waals surface area contributed by atoms with Gasteiger partial charge in [-0.1, -0.05) is 35.3 Å². The van der Waals surface area contributed by atoms with Crippen molar-refractivity contribution in [3.05, 3.63) is 69.9 Å². The van der Waals surface area contributed by atoms with Crippen molar-refractivity contribution >= 4 is 34.2 Å². The summed E-state index contributed by atoms with van der Waals surface area (Å²) in [5.74, 6) is 6.45. The molecule has 1 heterocycles. The van der Waals surface area contributed by atoms with Gasteiger partial charge in [0.05, 0.1) is 6.04 Å². The van der Waals surface area contributed by atoms with Gasteiger partial charge in [-0.3, -0.25) is 5.84 Å². The number of fused-ring (bicyclic) bond motifs is 1. The van der Waals surface area contributed by atoms with E-state index in [0.29, 0.717) is 11.4 Å². The van der Waals surface area contributed by atoms with Crippen molar-refractivity contribution in [1.82, 2.24) is 5.43 Å². The topological polar surface area (TPSA) is 51.2 Å². The zero-order valence-electron chi connectivity index (χ0n) is 11.1. The normalized spacial score (nSPS) is 12.7. The second-order valence-corrected chi connectivity index (χ2v) is 5.75. The summed E-state index contributed by atoms with van der Waals surface area (Å²) in [4.78, 5) is 0. The Bertz CT molecular complexity index is 753. The lowest BCUT2D eigenvalue weighted by Crippen LogP contribution is -2.29. The maximum absolute atomic E-state index is 5.99. The molecule has 108 valence electrons. The van der Waals surface area contributed by atoms with E-state index in [2.05, 4.69) is 5.43 Å². The first-order valence-corrected chi connectivity index (χ1v) is 7.31. The molecule has 3 N–H and O–H groups in total. The molecule has 1 atom stereocenters. The Balaban J connectivity index is 1.88. The van der Waals surface area contributed by atoms with Gasteiger partial charge in [0, 0.05) is 15.4 Å². The smallest absolute Gasteiger partial charge is 0.134 e. The molecule has 0 aliphatic carbocycles. The Labute approximate surface area is 132 Å². The number of nitrogens with two attached hydrogens (primary N) is 1. The van der Waals surface area contributed by atoms with Crippen molar-refractivity contribution in [3.63, 3.8) is 0 Å². The minimum Gasteiger partial charge on any atom is -0.459 e. The summed E-state index contributed by atoms with van der Waals surface area (Å²) in [6.07, 6.45) is 0.710. The average molecular weight is 321 g/mol. The van der Waals surface area contributed by atoms with E-state index >= 15 is 0 Å². The van der Waals surface area contributed by atoms with Gasteiger partial charge in [0.15, 0.2) is 0 Å². The number of furan rings is 1. The van der Waals surface area contributed by atoms with Crippen molar-refractivity contribution in [2.24, 2.45) is 5.84 Å². The second-order valence-electron chi connectivity index (χ2n) is 4.88. The highest BCUT2D eigenvalue weighted by Gasteiger charge is 2.16. The fourth-order valence-electron chi connectivity index (χ4n) is 2.30. The van der Waals surface area contributed by atoms with Gasteiger partial charge in [-0.15, -0.1) is 0 Å². The lowest BCUT2D eigenvalue weighted by atomic mass is 10.0. The van der Waals surface area contributed by atoms with Crippen molar-refractivity contribution in [3.8, 4) is 0 Å². The SMILES string of the molecule is NNC(Cc1ccc(Cl)cc1)c1cc2cc(Cl)ccc2o1. The Morgan fingerprint density at radius 2 is 1.71 bits per heavy atom. The average Bonchev–Trinajstić information content (AvgIpc) is 2.89. The number of hydrogen-bond acceptors (Lipinski definition) is 3. The van der Waals surface area contributed by atoms with E-state index in [9.17, 15) is 0 Å². The van der Waals surface area contributed by atoms with Crippen LogP contribution in [0, 0.1) is 0 Å². The van der Waals surface area contributed by atoms with Gasteiger partial charge >= 0.3 is 0 Å². The Kier molecular flexibility index (Phi) is 4.17. The van der Waals surface area contributed by atoms with Crippen LogP contribution in [0.3, 0.4) is 0 Å². The van der Waals surface area contributed by atoms with Crippen LogP contribution in [0.4, 0.5) is 0 Å². The lowest BCUT2D eigenvalue weighted by Gasteiger charge is -2.13. The highest BCUT2D eigenvalue weighted by molar-refractivity contribution is 6.31. The van der Waals surface area contributed by atoms with E-state index in [1.165, 1.54) is 0 Å². The van der Waals surface area contributed by atoms with Crippen LogP contribution in [0.25, 0.3) is 11.0 Å². The zero-order chi connectivity index (χ0) is 14.8. The molecule has 1 aromatic heterocycles. The molecule has 1 unspecified atom stereocenters. The molecule has 0 saturated heterocycles. The van der Waals surface area contributed by atoms with Gasteiger partial charge in [-0.25, -0.2) is 5.43 Å². The highest BCUT2D eigenvalue weighted by Crippen LogP contribution is 2.28. The molecule has 0 bridgehead atoms. The van der Waals surface area contributed by atoms with Crippen molar-refractivity contribution in [2.45, 2.75) is 12.5 Å². The van der Waals surface area contributed by atoms with Gasteiger partial charge < -0.3 is 4.42 Å². The summed E-state index contributed by atoms with van der Waals surface area (Å²) in [6.45, 7) is 0. The molecule has 0 fully saturated rings. The van der Waals surface area contributed by atoms with Crippen LogP contribution in [-0.4, -0.2) is 0 Å². The number of rotatable bonds is 4. The molecule has 21 heavy (non-hydrogen) atoms. The molecule has 0 amide bonds. The van der Waals surface area contributed by atoms with Crippen molar-refractivity contribution in [1.29, 1.82) is 0 Å². The molecule has 3 nitrogen and oxygen atoms in total. The quantitative estimate of drug-likeness (QED) is 0.550. The van der Waals surface area contributed by atoms with E-state index in [0.717, 1.165) is 27.3 Å². The van der Waals surface area contributed by atoms with E-state index in [-0.39, 0.29) is 6.04 Å². The molecule has 0 spiro atoms. The molecule has 0 radical (unpaired) electrons. The molecule has 0 saturated carbocycles. The summed E-state index contributed by atoms with van der Waals surface area (Å²) in [6, 6.07) is 15.1. The van der Waals surface area contributed by atoms with Gasteiger partial charge in [0.25, 0.3) is 0 Å². The molecule has 5 heteroatoms. The van der Waals surface area contributed by atoms with E-state index in [4.69, 9.17) is 33.5 Å².